The van der Waals surface area contributed by atoms with Crippen molar-refractivity contribution in [3.8, 4) is 0 Å². The van der Waals surface area contributed by atoms with E-state index in [1.807, 2.05) is 24.3 Å². The van der Waals surface area contributed by atoms with E-state index in [-0.39, 0.29) is 5.91 Å². The zero-order valence-electron chi connectivity index (χ0n) is 12.1. The molecule has 0 spiro atoms. The fourth-order valence-corrected chi connectivity index (χ4v) is 3.88. The van der Waals surface area contributed by atoms with Gasteiger partial charge in [0.2, 0.25) is 5.91 Å². The van der Waals surface area contributed by atoms with Gasteiger partial charge >= 0.3 is 0 Å². The molecule has 0 bridgehead atoms. The lowest BCUT2D eigenvalue weighted by Crippen LogP contribution is -2.46. The van der Waals surface area contributed by atoms with Crippen LogP contribution in [0.4, 0.5) is 5.69 Å². The summed E-state index contributed by atoms with van der Waals surface area (Å²) in [4.78, 5) is 14.6. The van der Waals surface area contributed by atoms with Crippen LogP contribution in [0.3, 0.4) is 0 Å². The van der Waals surface area contributed by atoms with E-state index < -0.39 is 0 Å². The summed E-state index contributed by atoms with van der Waals surface area (Å²) in [6, 6.07) is 8.79. The van der Waals surface area contributed by atoms with Crippen molar-refractivity contribution in [2.45, 2.75) is 37.8 Å². The number of carbonyl (C=O) groups is 1. The van der Waals surface area contributed by atoms with Crippen LogP contribution < -0.4 is 10.6 Å². The van der Waals surface area contributed by atoms with Crippen LogP contribution in [0.15, 0.2) is 28.7 Å². The number of amides is 1. The molecule has 4 nitrogen and oxygen atoms in total. The number of anilines is 1. The number of fused-ring (bicyclic) bond motifs is 1. The average Bonchev–Trinajstić information content (AvgIpc) is 2.88. The summed E-state index contributed by atoms with van der Waals surface area (Å²) in [5.41, 5.74) is 0.835. The number of rotatable bonds is 4. The molecule has 0 radical (unpaired) electrons. The predicted octanol–water partition coefficient (Wildman–Crippen LogP) is 2.60. The maximum absolute atomic E-state index is 12.0. The first-order valence-electron chi connectivity index (χ1n) is 7.75. The van der Waals surface area contributed by atoms with Gasteiger partial charge in [-0.25, -0.2) is 0 Å². The minimum atomic E-state index is 0.0300. The van der Waals surface area contributed by atoms with E-state index in [1.54, 1.807) is 0 Å². The zero-order valence-corrected chi connectivity index (χ0v) is 13.7. The molecule has 2 heterocycles. The number of piperidine rings is 1. The highest BCUT2D eigenvalue weighted by Crippen LogP contribution is 2.27. The molecule has 2 unspecified atom stereocenters. The number of nitrogens with one attached hydrogen (secondary N) is 2. The highest BCUT2D eigenvalue weighted by molar-refractivity contribution is 9.10. The van der Waals surface area contributed by atoms with Gasteiger partial charge in [0.1, 0.15) is 0 Å². The number of hydrogen-bond acceptors (Lipinski definition) is 3. The Morgan fingerprint density at radius 3 is 3.05 bits per heavy atom. The van der Waals surface area contributed by atoms with Crippen LogP contribution in [0.1, 0.15) is 25.7 Å². The van der Waals surface area contributed by atoms with Crippen molar-refractivity contribution in [1.29, 1.82) is 0 Å². The predicted molar refractivity (Wildman–Crippen MR) is 88.4 cm³/mol. The van der Waals surface area contributed by atoms with E-state index in [4.69, 9.17) is 0 Å². The van der Waals surface area contributed by atoms with Gasteiger partial charge < -0.3 is 10.6 Å². The topological polar surface area (TPSA) is 44.4 Å². The average molecular weight is 352 g/mol. The summed E-state index contributed by atoms with van der Waals surface area (Å²) < 4.78 is 0.974. The van der Waals surface area contributed by atoms with Crippen molar-refractivity contribution in [3.63, 3.8) is 0 Å². The van der Waals surface area contributed by atoms with Crippen molar-refractivity contribution in [2.75, 3.05) is 25.0 Å². The third-order valence-electron chi connectivity index (χ3n) is 4.49. The third-order valence-corrected chi connectivity index (χ3v) is 4.98. The molecule has 3 rings (SSSR count). The van der Waals surface area contributed by atoms with E-state index in [0.717, 1.165) is 16.6 Å². The summed E-state index contributed by atoms with van der Waals surface area (Å²) in [6.07, 6.45) is 5.08. The second-order valence-corrected chi connectivity index (χ2v) is 6.85. The van der Waals surface area contributed by atoms with Crippen molar-refractivity contribution >= 4 is 27.5 Å². The molecule has 2 saturated heterocycles. The van der Waals surface area contributed by atoms with Gasteiger partial charge in [0.25, 0.3) is 0 Å². The molecule has 0 aliphatic carbocycles. The molecule has 5 heteroatoms. The molecule has 2 N–H and O–H groups in total. The van der Waals surface area contributed by atoms with E-state index in [0.29, 0.717) is 18.6 Å². The Balaban J connectivity index is 1.47. The van der Waals surface area contributed by atoms with Gasteiger partial charge in [-0.2, -0.15) is 0 Å². The third kappa shape index (κ3) is 3.84. The second kappa shape index (κ2) is 6.90. The lowest BCUT2D eigenvalue weighted by atomic mass is 9.99. The van der Waals surface area contributed by atoms with E-state index in [2.05, 4.69) is 31.5 Å². The van der Waals surface area contributed by atoms with Gasteiger partial charge in [-0.1, -0.05) is 28.4 Å². The SMILES string of the molecule is O=C(CNC1CCN2CCCCC12)Nc1cccc(Br)c1. The summed E-state index contributed by atoms with van der Waals surface area (Å²) in [7, 11) is 0. The Kier molecular flexibility index (Phi) is 4.93. The highest BCUT2D eigenvalue weighted by Gasteiger charge is 2.35. The standard InChI is InChI=1S/C16H22BrN3O/c17-12-4-3-5-13(10-12)19-16(21)11-18-14-7-9-20-8-2-1-6-15(14)20/h3-5,10,14-15,18H,1-2,6-9,11H2,(H,19,21). The maximum atomic E-state index is 12.0. The Morgan fingerprint density at radius 2 is 2.19 bits per heavy atom. The number of carbonyl (C=O) groups excluding carboxylic acids is 1. The number of halogens is 1. The first kappa shape index (κ1) is 15.0. The van der Waals surface area contributed by atoms with Gasteiger partial charge in [-0.05, 0) is 44.0 Å². The van der Waals surface area contributed by atoms with Crippen LogP contribution in [-0.2, 0) is 4.79 Å². The number of nitrogens with zero attached hydrogens (tertiary/aromatic N) is 1. The Morgan fingerprint density at radius 1 is 1.29 bits per heavy atom. The fraction of sp³-hybridized carbons (Fsp3) is 0.562. The van der Waals surface area contributed by atoms with Crippen molar-refractivity contribution in [3.05, 3.63) is 28.7 Å². The molecule has 21 heavy (non-hydrogen) atoms. The molecule has 2 aliphatic rings. The normalized spacial score (nSPS) is 25.6. The van der Waals surface area contributed by atoms with Crippen LogP contribution in [0.5, 0.6) is 0 Å². The molecular weight excluding hydrogens is 330 g/mol. The van der Waals surface area contributed by atoms with Gasteiger partial charge in [0.05, 0.1) is 6.54 Å². The van der Waals surface area contributed by atoms with Crippen LogP contribution in [0, 0.1) is 0 Å². The van der Waals surface area contributed by atoms with Crippen LogP contribution in [-0.4, -0.2) is 42.5 Å². The summed E-state index contributed by atoms with van der Waals surface area (Å²) in [5.74, 6) is 0.0300. The molecule has 1 amide bonds. The van der Waals surface area contributed by atoms with Crippen molar-refractivity contribution < 1.29 is 4.79 Å². The maximum Gasteiger partial charge on any atom is 0.238 e. The molecule has 1 aromatic rings. The van der Waals surface area contributed by atoms with Crippen LogP contribution >= 0.6 is 15.9 Å². The molecule has 0 saturated carbocycles. The molecule has 0 aromatic heterocycles. The lowest BCUT2D eigenvalue weighted by molar-refractivity contribution is -0.115. The molecular formula is C16H22BrN3O. The van der Waals surface area contributed by atoms with Crippen LogP contribution in [0.25, 0.3) is 0 Å². The molecule has 2 atom stereocenters. The minimum Gasteiger partial charge on any atom is -0.325 e. The zero-order chi connectivity index (χ0) is 14.7. The quantitative estimate of drug-likeness (QED) is 0.876. The highest BCUT2D eigenvalue weighted by atomic mass is 79.9. The van der Waals surface area contributed by atoms with Crippen molar-refractivity contribution in [2.24, 2.45) is 0 Å². The van der Waals surface area contributed by atoms with Gasteiger partial charge in [-0.15, -0.1) is 0 Å². The number of benzene rings is 1. The first-order chi connectivity index (χ1) is 10.2. The van der Waals surface area contributed by atoms with Crippen molar-refractivity contribution in [1.82, 2.24) is 10.2 Å². The van der Waals surface area contributed by atoms with Gasteiger partial charge in [0.15, 0.2) is 0 Å². The monoisotopic (exact) mass is 351 g/mol. The second-order valence-electron chi connectivity index (χ2n) is 5.93. The molecule has 2 fully saturated rings. The van der Waals surface area contributed by atoms with E-state index in [1.165, 1.54) is 32.4 Å². The summed E-state index contributed by atoms with van der Waals surface area (Å²) >= 11 is 3.41. The van der Waals surface area contributed by atoms with E-state index in [9.17, 15) is 4.79 Å². The van der Waals surface area contributed by atoms with Gasteiger partial charge in [-0.3, -0.25) is 9.69 Å². The molecule has 1 aromatic carbocycles. The minimum absolute atomic E-state index is 0.0300. The van der Waals surface area contributed by atoms with E-state index >= 15 is 0 Å². The first-order valence-corrected chi connectivity index (χ1v) is 8.54. The summed E-state index contributed by atoms with van der Waals surface area (Å²) in [6.45, 7) is 2.80. The van der Waals surface area contributed by atoms with Gasteiger partial charge in [0, 0.05) is 28.8 Å². The lowest BCUT2D eigenvalue weighted by Gasteiger charge is -2.32. The van der Waals surface area contributed by atoms with Crippen LogP contribution in [0.2, 0.25) is 0 Å². The smallest absolute Gasteiger partial charge is 0.238 e. The Bertz CT molecular complexity index is 508. The summed E-state index contributed by atoms with van der Waals surface area (Å²) in [5, 5.41) is 6.38. The molecule has 2 aliphatic heterocycles. The fourth-order valence-electron chi connectivity index (χ4n) is 3.48. The Labute approximate surface area is 134 Å². The largest absolute Gasteiger partial charge is 0.325 e. The molecule has 114 valence electrons. The number of hydrogen-bond donors (Lipinski definition) is 2. The Hall–Kier alpha value is -0.910.